The Morgan fingerprint density at radius 2 is 2.04 bits per heavy atom. The van der Waals surface area contributed by atoms with Gasteiger partial charge in [-0.05, 0) is 42.2 Å². The van der Waals surface area contributed by atoms with Crippen LogP contribution < -0.4 is 15.4 Å². The van der Waals surface area contributed by atoms with Crippen molar-refractivity contribution in [3.63, 3.8) is 0 Å². The van der Waals surface area contributed by atoms with E-state index in [4.69, 9.17) is 22.1 Å². The van der Waals surface area contributed by atoms with E-state index in [1.807, 2.05) is 24.3 Å². The highest BCUT2D eigenvalue weighted by atomic mass is 35.5. The second-order valence-electron chi connectivity index (χ2n) is 5.99. The number of fused-ring (bicyclic) bond motifs is 1. The number of nitrogens with two attached hydrogens (primary N) is 1. The number of hydrogen-bond acceptors (Lipinski definition) is 5. The molecule has 2 aromatic carbocycles. The van der Waals surface area contributed by atoms with Crippen LogP contribution in [0.4, 0.5) is 10.5 Å². The molecular weight excluding hydrogens is 356 g/mol. The topological polar surface area (TPSA) is 81.9 Å². The monoisotopic (exact) mass is 374 g/mol. The van der Waals surface area contributed by atoms with Gasteiger partial charge in [0, 0.05) is 17.3 Å². The summed E-state index contributed by atoms with van der Waals surface area (Å²) < 4.78 is 9.35. The minimum Gasteiger partial charge on any atom is -0.437 e. The van der Waals surface area contributed by atoms with Gasteiger partial charge in [-0.2, -0.15) is 0 Å². The first-order chi connectivity index (χ1) is 12.5. The number of carbonyl (C=O) groups excluding carboxylic acids is 2. The molecule has 2 aromatic rings. The van der Waals surface area contributed by atoms with Crippen LogP contribution in [-0.4, -0.2) is 31.8 Å². The van der Waals surface area contributed by atoms with E-state index in [-0.39, 0.29) is 18.1 Å². The lowest BCUT2D eigenvalue weighted by atomic mass is 10.0. The van der Waals surface area contributed by atoms with Crippen LogP contribution in [0, 0.1) is 0 Å². The Balaban J connectivity index is 1.69. The molecule has 0 fully saturated rings. The van der Waals surface area contributed by atoms with Gasteiger partial charge in [0.1, 0.15) is 5.75 Å². The number of amides is 1. The Morgan fingerprint density at radius 3 is 2.77 bits per heavy atom. The summed E-state index contributed by atoms with van der Waals surface area (Å²) in [4.78, 5) is 25.6. The van der Waals surface area contributed by atoms with Crippen LogP contribution in [0.1, 0.15) is 11.1 Å². The number of carbonyl (C=O) groups is 2. The first-order valence-corrected chi connectivity index (χ1v) is 8.56. The number of nitrogens with zero attached hydrogens (tertiary/aromatic N) is 1. The van der Waals surface area contributed by atoms with Crippen molar-refractivity contribution in [1.82, 2.24) is 0 Å². The van der Waals surface area contributed by atoms with E-state index < -0.39 is 12.2 Å². The third kappa shape index (κ3) is 3.81. The smallest absolute Gasteiger partial charge is 0.437 e. The molecule has 136 valence electrons. The molecule has 1 amide bonds. The molecule has 0 saturated carbocycles. The van der Waals surface area contributed by atoms with Crippen molar-refractivity contribution >= 4 is 29.4 Å². The molecule has 0 radical (unpaired) electrons. The molecule has 0 aliphatic carbocycles. The maximum Gasteiger partial charge on any atom is 0.513 e. The molecule has 1 aliphatic heterocycles. The molecule has 1 atom stereocenters. The number of para-hydroxylation sites is 1. The fourth-order valence-corrected chi connectivity index (χ4v) is 3.23. The van der Waals surface area contributed by atoms with Gasteiger partial charge in [0.2, 0.25) is 5.91 Å². The summed E-state index contributed by atoms with van der Waals surface area (Å²) in [6.07, 6.45) is 0.289. The van der Waals surface area contributed by atoms with Crippen molar-refractivity contribution in [3.05, 3.63) is 58.6 Å². The highest BCUT2D eigenvalue weighted by molar-refractivity contribution is 6.31. The number of halogens is 1. The number of hydrogen-bond donors (Lipinski definition) is 1. The van der Waals surface area contributed by atoms with Gasteiger partial charge in [0.05, 0.1) is 13.2 Å². The SMILES string of the molecule is COC(=O)Oc1ccc(C[C@H](N)C(=O)N2CCc3ccccc32)c(Cl)c1. The molecule has 7 heteroatoms. The third-order valence-corrected chi connectivity index (χ3v) is 4.65. The zero-order valence-electron chi connectivity index (χ0n) is 14.3. The summed E-state index contributed by atoms with van der Waals surface area (Å²) in [5.74, 6) is 0.125. The standard InChI is InChI=1S/C19H19ClN2O4/c1-25-19(24)26-14-7-6-13(15(20)11-14)10-16(21)18(23)22-9-8-12-4-2-3-5-17(12)22/h2-7,11,16H,8-10,21H2,1H3/t16-/m0/s1. The zero-order chi connectivity index (χ0) is 18.7. The maximum absolute atomic E-state index is 12.7. The molecule has 26 heavy (non-hydrogen) atoms. The third-order valence-electron chi connectivity index (χ3n) is 4.30. The summed E-state index contributed by atoms with van der Waals surface area (Å²) in [7, 11) is 1.22. The normalized spacial score (nSPS) is 13.9. The van der Waals surface area contributed by atoms with Gasteiger partial charge in [-0.15, -0.1) is 0 Å². The van der Waals surface area contributed by atoms with Crippen LogP contribution in [0.2, 0.25) is 5.02 Å². The molecule has 1 heterocycles. The first kappa shape index (κ1) is 18.2. The molecule has 3 rings (SSSR count). The fraction of sp³-hybridized carbons (Fsp3) is 0.263. The van der Waals surface area contributed by atoms with E-state index in [0.717, 1.165) is 17.7 Å². The van der Waals surface area contributed by atoms with Crippen LogP contribution in [0.25, 0.3) is 0 Å². The van der Waals surface area contributed by atoms with Gasteiger partial charge in [-0.25, -0.2) is 4.79 Å². The Bertz CT molecular complexity index is 840. The number of anilines is 1. The van der Waals surface area contributed by atoms with Crippen molar-refractivity contribution in [2.24, 2.45) is 5.73 Å². The lowest BCUT2D eigenvalue weighted by molar-refractivity contribution is -0.119. The predicted octanol–water partition coefficient (Wildman–Crippen LogP) is 2.94. The minimum absolute atomic E-state index is 0.138. The van der Waals surface area contributed by atoms with Crippen molar-refractivity contribution in [1.29, 1.82) is 0 Å². The second kappa shape index (κ2) is 7.76. The van der Waals surface area contributed by atoms with Gasteiger partial charge in [-0.3, -0.25) is 4.79 Å². The van der Waals surface area contributed by atoms with Gasteiger partial charge in [0.25, 0.3) is 0 Å². The predicted molar refractivity (Wildman–Crippen MR) is 98.7 cm³/mol. The number of benzene rings is 2. The van der Waals surface area contributed by atoms with Crippen LogP contribution in [0.5, 0.6) is 5.75 Å². The van der Waals surface area contributed by atoms with E-state index in [1.54, 1.807) is 17.0 Å². The fourth-order valence-electron chi connectivity index (χ4n) is 2.99. The maximum atomic E-state index is 12.7. The van der Waals surface area contributed by atoms with E-state index in [2.05, 4.69) is 4.74 Å². The largest absolute Gasteiger partial charge is 0.513 e. The Kier molecular flexibility index (Phi) is 5.44. The summed E-state index contributed by atoms with van der Waals surface area (Å²) in [5, 5.41) is 0.372. The molecule has 2 N–H and O–H groups in total. The van der Waals surface area contributed by atoms with Gasteiger partial charge in [-0.1, -0.05) is 35.9 Å². The summed E-state index contributed by atoms with van der Waals surface area (Å²) >= 11 is 6.23. The summed E-state index contributed by atoms with van der Waals surface area (Å²) in [6, 6.07) is 11.9. The summed E-state index contributed by atoms with van der Waals surface area (Å²) in [5.41, 5.74) is 8.91. The zero-order valence-corrected chi connectivity index (χ0v) is 15.0. The van der Waals surface area contributed by atoms with E-state index >= 15 is 0 Å². The van der Waals surface area contributed by atoms with Crippen molar-refractivity contribution < 1.29 is 19.1 Å². The number of methoxy groups -OCH3 is 1. The van der Waals surface area contributed by atoms with E-state index in [9.17, 15) is 9.59 Å². The average molecular weight is 375 g/mol. The molecule has 6 nitrogen and oxygen atoms in total. The van der Waals surface area contributed by atoms with Crippen molar-refractivity contribution in [3.8, 4) is 5.75 Å². The van der Waals surface area contributed by atoms with Crippen LogP contribution in [0.3, 0.4) is 0 Å². The van der Waals surface area contributed by atoms with Crippen LogP contribution in [0.15, 0.2) is 42.5 Å². The molecule has 0 spiro atoms. The first-order valence-electron chi connectivity index (χ1n) is 8.18. The summed E-state index contributed by atoms with van der Waals surface area (Å²) in [6.45, 7) is 0.630. The quantitative estimate of drug-likeness (QED) is 0.657. The minimum atomic E-state index is -0.826. The highest BCUT2D eigenvalue weighted by Gasteiger charge is 2.28. The van der Waals surface area contributed by atoms with E-state index in [1.165, 1.54) is 13.2 Å². The molecule has 0 bridgehead atoms. The molecular formula is C19H19ClN2O4. The Labute approximate surface area is 156 Å². The van der Waals surface area contributed by atoms with Crippen molar-refractivity contribution in [2.45, 2.75) is 18.9 Å². The average Bonchev–Trinajstić information content (AvgIpc) is 3.07. The van der Waals surface area contributed by atoms with Crippen LogP contribution >= 0.6 is 11.6 Å². The Morgan fingerprint density at radius 1 is 1.27 bits per heavy atom. The second-order valence-corrected chi connectivity index (χ2v) is 6.40. The van der Waals surface area contributed by atoms with Crippen LogP contribution in [-0.2, 0) is 22.4 Å². The number of ether oxygens (including phenoxy) is 2. The van der Waals surface area contributed by atoms with Gasteiger partial charge >= 0.3 is 6.16 Å². The molecule has 1 aliphatic rings. The van der Waals surface area contributed by atoms with Gasteiger partial charge in [0.15, 0.2) is 0 Å². The van der Waals surface area contributed by atoms with Crippen molar-refractivity contribution in [2.75, 3.05) is 18.6 Å². The lowest BCUT2D eigenvalue weighted by Gasteiger charge is -2.22. The highest BCUT2D eigenvalue weighted by Crippen LogP contribution is 2.29. The Hall–Kier alpha value is -2.57. The molecule has 0 aromatic heterocycles. The van der Waals surface area contributed by atoms with E-state index in [0.29, 0.717) is 17.1 Å². The number of rotatable bonds is 4. The molecule has 0 unspecified atom stereocenters. The molecule has 0 saturated heterocycles. The lowest BCUT2D eigenvalue weighted by Crippen LogP contribution is -2.44. The van der Waals surface area contributed by atoms with Gasteiger partial charge < -0.3 is 20.1 Å².